The number of benzene rings is 2. The molecule has 3 heteroatoms. The Balaban J connectivity index is 1.71. The van der Waals surface area contributed by atoms with Gasteiger partial charge in [-0.25, -0.2) is 0 Å². The summed E-state index contributed by atoms with van der Waals surface area (Å²) in [7, 11) is 0. The minimum atomic E-state index is 0.533. The Morgan fingerprint density at radius 1 is 0.706 bits per heavy atom. The van der Waals surface area contributed by atoms with E-state index in [0.29, 0.717) is 13.2 Å². The molecule has 0 heterocycles. The molecule has 0 aromatic heterocycles. The number of hydrogen-bond acceptors (Lipinski definition) is 2. The minimum Gasteiger partial charge on any atom is -0.490 e. The van der Waals surface area contributed by atoms with Crippen molar-refractivity contribution in [3.63, 3.8) is 0 Å². The van der Waals surface area contributed by atoms with Crippen molar-refractivity contribution >= 4 is 5.69 Å². The van der Waals surface area contributed by atoms with Crippen molar-refractivity contribution in [1.82, 2.24) is 0 Å². The number of quaternary nitrogens is 1. The summed E-state index contributed by atoms with van der Waals surface area (Å²) in [4.78, 5) is 0. The Morgan fingerprint density at radius 2 is 1.24 bits per heavy atom. The van der Waals surface area contributed by atoms with Gasteiger partial charge in [0.15, 0.2) is 0 Å². The molecule has 2 aromatic rings. The van der Waals surface area contributed by atoms with Crippen LogP contribution in [0.5, 0.6) is 11.5 Å². The first-order chi connectivity index (χ1) is 8.34. The predicted molar refractivity (Wildman–Crippen MR) is 66.4 cm³/mol. The van der Waals surface area contributed by atoms with Gasteiger partial charge < -0.3 is 15.2 Å². The van der Waals surface area contributed by atoms with Crippen molar-refractivity contribution in [2.75, 3.05) is 13.2 Å². The number of ether oxygens (including phenoxy) is 2. The molecular weight excluding hydrogens is 214 g/mol. The van der Waals surface area contributed by atoms with Crippen LogP contribution < -0.4 is 15.2 Å². The summed E-state index contributed by atoms with van der Waals surface area (Å²) in [6.07, 6.45) is 0. The van der Waals surface area contributed by atoms with Gasteiger partial charge in [0, 0.05) is 12.1 Å². The molecule has 0 amide bonds. The van der Waals surface area contributed by atoms with Crippen molar-refractivity contribution < 1.29 is 15.2 Å². The first-order valence-corrected chi connectivity index (χ1v) is 5.57. The second-order valence-corrected chi connectivity index (χ2v) is 3.65. The van der Waals surface area contributed by atoms with Crippen LogP contribution in [0, 0.1) is 0 Å². The van der Waals surface area contributed by atoms with E-state index in [1.807, 2.05) is 54.6 Å². The van der Waals surface area contributed by atoms with E-state index in [1.54, 1.807) is 0 Å². The van der Waals surface area contributed by atoms with Gasteiger partial charge in [0.1, 0.15) is 30.4 Å². The second kappa shape index (κ2) is 5.92. The van der Waals surface area contributed by atoms with Crippen LogP contribution in [-0.2, 0) is 0 Å². The van der Waals surface area contributed by atoms with E-state index < -0.39 is 0 Å². The van der Waals surface area contributed by atoms with Crippen molar-refractivity contribution in [1.29, 1.82) is 0 Å². The van der Waals surface area contributed by atoms with Gasteiger partial charge in [0.05, 0.1) is 0 Å². The van der Waals surface area contributed by atoms with Crippen molar-refractivity contribution in [2.45, 2.75) is 0 Å². The molecule has 2 aromatic carbocycles. The molecule has 3 N–H and O–H groups in total. The van der Waals surface area contributed by atoms with E-state index in [0.717, 1.165) is 17.2 Å². The van der Waals surface area contributed by atoms with E-state index in [-0.39, 0.29) is 0 Å². The van der Waals surface area contributed by atoms with E-state index in [2.05, 4.69) is 5.73 Å². The van der Waals surface area contributed by atoms with Crippen molar-refractivity contribution in [3.05, 3.63) is 54.6 Å². The zero-order chi connectivity index (χ0) is 11.9. The molecule has 0 saturated carbocycles. The van der Waals surface area contributed by atoms with Crippen LogP contribution in [0.2, 0.25) is 0 Å². The quantitative estimate of drug-likeness (QED) is 0.799. The van der Waals surface area contributed by atoms with Crippen LogP contribution in [0.15, 0.2) is 54.6 Å². The fourth-order valence-electron chi connectivity index (χ4n) is 1.42. The minimum absolute atomic E-state index is 0.533. The van der Waals surface area contributed by atoms with Gasteiger partial charge in [-0.1, -0.05) is 18.2 Å². The smallest absolute Gasteiger partial charge is 0.128 e. The molecule has 0 aliphatic rings. The molecule has 0 aliphatic heterocycles. The highest BCUT2D eigenvalue weighted by Crippen LogP contribution is 2.12. The summed E-state index contributed by atoms with van der Waals surface area (Å²) in [6, 6.07) is 17.4. The largest absolute Gasteiger partial charge is 0.490 e. The molecule has 88 valence electrons. The zero-order valence-corrected chi connectivity index (χ0v) is 9.63. The van der Waals surface area contributed by atoms with Crippen LogP contribution in [0.25, 0.3) is 0 Å². The fourth-order valence-corrected chi connectivity index (χ4v) is 1.42. The lowest BCUT2D eigenvalue weighted by Gasteiger charge is -2.07. The van der Waals surface area contributed by atoms with Gasteiger partial charge in [-0.15, -0.1) is 0 Å². The summed E-state index contributed by atoms with van der Waals surface area (Å²) >= 11 is 0. The highest BCUT2D eigenvalue weighted by Gasteiger charge is 1.95. The first-order valence-electron chi connectivity index (χ1n) is 5.57. The number of rotatable bonds is 5. The number of para-hydroxylation sites is 1. The summed E-state index contributed by atoms with van der Waals surface area (Å²) in [5, 5.41) is 0. The predicted octanol–water partition coefficient (Wildman–Crippen LogP) is 2.02. The highest BCUT2D eigenvalue weighted by molar-refractivity contribution is 5.34. The first kappa shape index (κ1) is 11.5. The SMILES string of the molecule is [NH3+]c1ccc(OCCOc2ccccc2)cc1. The van der Waals surface area contributed by atoms with Crippen LogP contribution in [0.4, 0.5) is 5.69 Å². The fraction of sp³-hybridized carbons (Fsp3) is 0.143. The van der Waals surface area contributed by atoms with Crippen LogP contribution in [0.1, 0.15) is 0 Å². The molecule has 0 unspecified atom stereocenters. The van der Waals surface area contributed by atoms with Crippen LogP contribution >= 0.6 is 0 Å². The molecular formula is C14H16NO2+. The van der Waals surface area contributed by atoms with Crippen molar-refractivity contribution in [2.24, 2.45) is 0 Å². The van der Waals surface area contributed by atoms with Crippen LogP contribution in [-0.4, -0.2) is 13.2 Å². The Labute approximate surface area is 101 Å². The third kappa shape index (κ3) is 3.81. The average molecular weight is 230 g/mol. The third-order valence-electron chi connectivity index (χ3n) is 2.29. The molecule has 0 fully saturated rings. The molecule has 0 atom stereocenters. The van der Waals surface area contributed by atoms with Gasteiger partial charge in [-0.2, -0.15) is 0 Å². The maximum atomic E-state index is 5.53. The van der Waals surface area contributed by atoms with E-state index >= 15 is 0 Å². The van der Waals surface area contributed by atoms with Gasteiger partial charge >= 0.3 is 0 Å². The molecule has 0 spiro atoms. The summed E-state index contributed by atoms with van der Waals surface area (Å²) in [5.41, 5.74) is 4.80. The lowest BCUT2D eigenvalue weighted by Crippen LogP contribution is -2.39. The van der Waals surface area contributed by atoms with Gasteiger partial charge in [-0.05, 0) is 24.3 Å². The maximum Gasteiger partial charge on any atom is 0.128 e. The lowest BCUT2D eigenvalue weighted by molar-refractivity contribution is -0.254. The Morgan fingerprint density at radius 3 is 1.82 bits per heavy atom. The molecule has 2 rings (SSSR count). The van der Waals surface area contributed by atoms with E-state index in [1.165, 1.54) is 0 Å². The number of hydrogen-bond donors (Lipinski definition) is 1. The molecule has 0 bridgehead atoms. The van der Waals surface area contributed by atoms with E-state index in [9.17, 15) is 0 Å². The standard InChI is InChI=1S/C14H15NO2/c15-12-6-8-14(9-7-12)17-11-10-16-13-4-2-1-3-5-13/h1-9H,10-11,15H2/p+1. The third-order valence-corrected chi connectivity index (χ3v) is 2.29. The Kier molecular flexibility index (Phi) is 4.00. The van der Waals surface area contributed by atoms with Gasteiger partial charge in [0.25, 0.3) is 0 Å². The monoisotopic (exact) mass is 230 g/mol. The van der Waals surface area contributed by atoms with Crippen LogP contribution in [0.3, 0.4) is 0 Å². The normalized spacial score (nSPS) is 9.94. The topological polar surface area (TPSA) is 46.1 Å². The Hall–Kier alpha value is -2.00. The Bertz CT molecular complexity index is 440. The summed E-state index contributed by atoms with van der Waals surface area (Å²) in [5.74, 6) is 1.71. The summed E-state index contributed by atoms with van der Waals surface area (Å²) < 4.78 is 11.0. The van der Waals surface area contributed by atoms with Crippen molar-refractivity contribution in [3.8, 4) is 11.5 Å². The van der Waals surface area contributed by atoms with Gasteiger partial charge in [-0.3, -0.25) is 0 Å². The molecule has 3 nitrogen and oxygen atoms in total. The lowest BCUT2D eigenvalue weighted by atomic mass is 10.3. The zero-order valence-electron chi connectivity index (χ0n) is 9.63. The second-order valence-electron chi connectivity index (χ2n) is 3.65. The summed E-state index contributed by atoms with van der Waals surface area (Å²) in [6.45, 7) is 1.07. The maximum absolute atomic E-state index is 5.53. The van der Waals surface area contributed by atoms with Gasteiger partial charge in [0.2, 0.25) is 0 Å². The highest BCUT2D eigenvalue weighted by atomic mass is 16.5. The van der Waals surface area contributed by atoms with E-state index in [4.69, 9.17) is 9.47 Å². The molecule has 0 radical (unpaired) electrons. The molecule has 0 aliphatic carbocycles. The average Bonchev–Trinajstić information content (AvgIpc) is 2.38. The molecule has 0 saturated heterocycles. The molecule has 17 heavy (non-hydrogen) atoms.